The summed E-state index contributed by atoms with van der Waals surface area (Å²) in [5.74, 6) is 7.03. The molecule has 7 nitrogen and oxygen atoms in total. The Morgan fingerprint density at radius 3 is 3.13 bits per heavy atom. The minimum absolute atomic E-state index is 0.0417. The van der Waals surface area contributed by atoms with Gasteiger partial charge in [-0.3, -0.25) is 4.79 Å². The van der Waals surface area contributed by atoms with Gasteiger partial charge in [0.2, 0.25) is 5.91 Å². The van der Waals surface area contributed by atoms with Gasteiger partial charge in [0.1, 0.15) is 23.4 Å². The van der Waals surface area contributed by atoms with Crippen molar-refractivity contribution in [2.45, 2.75) is 12.5 Å². The smallest absolute Gasteiger partial charge is 0.246 e. The van der Waals surface area contributed by atoms with Gasteiger partial charge < -0.3 is 19.6 Å². The molecule has 0 unspecified atom stereocenters. The summed E-state index contributed by atoms with van der Waals surface area (Å²) in [5, 5.41) is 5.34. The molecule has 30 heavy (non-hydrogen) atoms. The highest BCUT2D eigenvalue weighted by molar-refractivity contribution is 5.89. The highest BCUT2D eigenvalue weighted by Crippen LogP contribution is 2.23. The van der Waals surface area contributed by atoms with Gasteiger partial charge in [0, 0.05) is 30.1 Å². The van der Waals surface area contributed by atoms with E-state index in [0.717, 1.165) is 45.5 Å². The van der Waals surface area contributed by atoms with Crippen molar-refractivity contribution in [2.24, 2.45) is 0 Å². The molecule has 0 bridgehead atoms. The first-order valence-corrected chi connectivity index (χ1v) is 9.70. The van der Waals surface area contributed by atoms with E-state index < -0.39 is 0 Å². The quantitative estimate of drug-likeness (QED) is 0.409. The Hall–Kier alpha value is -4.05. The molecule has 1 aliphatic rings. The zero-order chi connectivity index (χ0) is 20.5. The topological polar surface area (TPSA) is 87.0 Å². The standard InChI is InChI=1S/C23H19N5O2/c1-2-21(29)28-9-7-18(13-28)27-23-19-12-17(26-22(19)24-14-25-23)5-3-15-4-6-20-16(11-15)8-10-30-20/h2,4,6,8,10-12,14,18H,1,7,9,13H2,(H2,24,25,26,27)/t18-/m1/s1. The average Bonchev–Trinajstić information content (AvgIpc) is 3.50. The molecule has 148 valence electrons. The van der Waals surface area contributed by atoms with Gasteiger partial charge in [0.05, 0.1) is 17.3 Å². The molecular weight excluding hydrogens is 378 g/mol. The summed E-state index contributed by atoms with van der Waals surface area (Å²) in [6.07, 6.45) is 5.40. The lowest BCUT2D eigenvalue weighted by atomic mass is 10.1. The van der Waals surface area contributed by atoms with Crippen molar-refractivity contribution in [2.75, 3.05) is 18.4 Å². The first-order valence-electron chi connectivity index (χ1n) is 9.70. The number of nitrogens with one attached hydrogen (secondary N) is 2. The second-order valence-corrected chi connectivity index (χ2v) is 7.21. The maximum Gasteiger partial charge on any atom is 0.246 e. The number of likely N-dealkylation sites (tertiary alicyclic amines) is 1. The number of aromatic nitrogens is 3. The number of rotatable bonds is 3. The van der Waals surface area contributed by atoms with E-state index in [4.69, 9.17) is 4.42 Å². The van der Waals surface area contributed by atoms with E-state index in [1.807, 2.05) is 30.3 Å². The van der Waals surface area contributed by atoms with Crippen LogP contribution in [-0.4, -0.2) is 44.9 Å². The van der Waals surface area contributed by atoms with E-state index in [0.29, 0.717) is 13.1 Å². The lowest BCUT2D eigenvalue weighted by Gasteiger charge is -2.15. The molecule has 1 amide bonds. The number of H-pyrrole nitrogens is 1. The SMILES string of the molecule is C=CC(=O)N1CC[C@@H](Nc2ncnc3[nH]c(C#Cc4ccc5occc5c4)cc23)C1. The third-order valence-corrected chi connectivity index (χ3v) is 5.23. The predicted octanol–water partition coefficient (Wildman–Crippen LogP) is 3.30. The van der Waals surface area contributed by atoms with Crippen molar-refractivity contribution in [3.05, 3.63) is 66.8 Å². The Balaban J connectivity index is 1.38. The second-order valence-electron chi connectivity index (χ2n) is 7.21. The number of hydrogen-bond acceptors (Lipinski definition) is 5. The van der Waals surface area contributed by atoms with Crippen LogP contribution in [0.2, 0.25) is 0 Å². The van der Waals surface area contributed by atoms with Gasteiger partial charge in [-0.25, -0.2) is 9.97 Å². The lowest BCUT2D eigenvalue weighted by Crippen LogP contribution is -2.30. The summed E-state index contributed by atoms with van der Waals surface area (Å²) >= 11 is 0. The predicted molar refractivity (Wildman–Crippen MR) is 115 cm³/mol. The molecule has 1 saturated heterocycles. The van der Waals surface area contributed by atoms with Crippen molar-refractivity contribution >= 4 is 33.7 Å². The molecule has 7 heteroatoms. The van der Waals surface area contributed by atoms with Crippen LogP contribution in [0.15, 0.2) is 60.0 Å². The molecule has 1 aliphatic heterocycles. The summed E-state index contributed by atoms with van der Waals surface area (Å²) in [5.41, 5.74) is 3.23. The Morgan fingerprint density at radius 2 is 2.23 bits per heavy atom. The number of furan rings is 1. The summed E-state index contributed by atoms with van der Waals surface area (Å²) in [6, 6.07) is 9.85. The normalized spacial score (nSPS) is 15.9. The zero-order valence-corrected chi connectivity index (χ0v) is 16.2. The third-order valence-electron chi connectivity index (χ3n) is 5.23. The van der Waals surface area contributed by atoms with Gasteiger partial charge in [0.25, 0.3) is 0 Å². The van der Waals surface area contributed by atoms with Crippen molar-refractivity contribution in [1.29, 1.82) is 0 Å². The van der Waals surface area contributed by atoms with E-state index >= 15 is 0 Å². The molecule has 0 spiro atoms. The largest absolute Gasteiger partial charge is 0.464 e. The monoisotopic (exact) mass is 397 g/mol. The van der Waals surface area contributed by atoms with Gasteiger partial charge in [-0.2, -0.15) is 0 Å². The van der Waals surface area contributed by atoms with Gasteiger partial charge in [-0.15, -0.1) is 0 Å². The number of hydrogen-bond donors (Lipinski definition) is 2. The Bertz CT molecular complexity index is 1320. The van der Waals surface area contributed by atoms with Crippen LogP contribution in [0.5, 0.6) is 0 Å². The van der Waals surface area contributed by atoms with Gasteiger partial charge in [-0.1, -0.05) is 12.5 Å². The number of carbonyl (C=O) groups is 1. The molecule has 1 aromatic carbocycles. The molecule has 0 saturated carbocycles. The van der Waals surface area contributed by atoms with Gasteiger partial charge >= 0.3 is 0 Å². The molecular formula is C23H19N5O2. The van der Waals surface area contributed by atoms with Gasteiger partial charge in [-0.05, 0) is 48.7 Å². The van der Waals surface area contributed by atoms with Crippen LogP contribution in [0.4, 0.5) is 5.82 Å². The summed E-state index contributed by atoms with van der Waals surface area (Å²) in [7, 11) is 0. The molecule has 2 N–H and O–H groups in total. The minimum atomic E-state index is -0.0417. The van der Waals surface area contributed by atoms with Crippen LogP contribution >= 0.6 is 0 Å². The fourth-order valence-corrected chi connectivity index (χ4v) is 3.71. The number of nitrogens with zero attached hydrogens (tertiary/aromatic N) is 3. The molecule has 4 heterocycles. The van der Waals surface area contributed by atoms with E-state index in [2.05, 4.69) is 38.7 Å². The summed E-state index contributed by atoms with van der Waals surface area (Å²) < 4.78 is 5.37. The molecule has 0 aliphatic carbocycles. The number of fused-ring (bicyclic) bond motifs is 2. The first-order chi connectivity index (χ1) is 14.7. The molecule has 1 fully saturated rings. The Morgan fingerprint density at radius 1 is 1.30 bits per heavy atom. The highest BCUT2D eigenvalue weighted by atomic mass is 16.3. The third kappa shape index (κ3) is 3.40. The fourth-order valence-electron chi connectivity index (χ4n) is 3.71. The fraction of sp³-hybridized carbons (Fsp3) is 0.174. The number of carbonyl (C=O) groups excluding carboxylic acids is 1. The highest BCUT2D eigenvalue weighted by Gasteiger charge is 2.25. The number of benzene rings is 1. The molecule has 1 atom stereocenters. The number of aromatic amines is 1. The van der Waals surface area contributed by atoms with Crippen LogP contribution in [0, 0.1) is 11.8 Å². The maximum atomic E-state index is 11.8. The number of anilines is 1. The van der Waals surface area contributed by atoms with Crippen LogP contribution in [0.1, 0.15) is 17.7 Å². The first kappa shape index (κ1) is 18.0. The van der Waals surface area contributed by atoms with Crippen LogP contribution in [-0.2, 0) is 4.79 Å². The van der Waals surface area contributed by atoms with Gasteiger partial charge in [0.15, 0.2) is 0 Å². The van der Waals surface area contributed by atoms with E-state index in [-0.39, 0.29) is 11.9 Å². The van der Waals surface area contributed by atoms with E-state index in [1.54, 1.807) is 11.2 Å². The van der Waals surface area contributed by atoms with Crippen LogP contribution in [0.3, 0.4) is 0 Å². The van der Waals surface area contributed by atoms with Crippen molar-refractivity contribution in [3.8, 4) is 11.8 Å². The second kappa shape index (κ2) is 7.41. The lowest BCUT2D eigenvalue weighted by molar-refractivity contribution is -0.125. The molecule has 5 rings (SSSR count). The average molecular weight is 397 g/mol. The maximum absolute atomic E-state index is 11.8. The minimum Gasteiger partial charge on any atom is -0.464 e. The molecule has 4 aromatic rings. The molecule has 0 radical (unpaired) electrons. The molecule has 3 aromatic heterocycles. The van der Waals surface area contributed by atoms with Crippen molar-refractivity contribution in [1.82, 2.24) is 19.9 Å². The van der Waals surface area contributed by atoms with E-state index in [1.165, 1.54) is 12.4 Å². The number of amides is 1. The Labute approximate surface area is 172 Å². The Kier molecular flexibility index (Phi) is 4.45. The van der Waals surface area contributed by atoms with Crippen LogP contribution in [0.25, 0.3) is 22.0 Å². The van der Waals surface area contributed by atoms with E-state index in [9.17, 15) is 4.79 Å². The van der Waals surface area contributed by atoms with Crippen molar-refractivity contribution in [3.63, 3.8) is 0 Å². The zero-order valence-electron chi connectivity index (χ0n) is 16.2. The van der Waals surface area contributed by atoms with Crippen LogP contribution < -0.4 is 5.32 Å². The van der Waals surface area contributed by atoms with Crippen molar-refractivity contribution < 1.29 is 9.21 Å². The summed E-state index contributed by atoms with van der Waals surface area (Å²) in [6.45, 7) is 4.89. The summed E-state index contributed by atoms with van der Waals surface area (Å²) in [4.78, 5) is 25.5.